The Labute approximate surface area is 122 Å². The van der Waals surface area contributed by atoms with Gasteiger partial charge in [-0.1, -0.05) is 29.8 Å². The average molecular weight is 310 g/mol. The highest BCUT2D eigenvalue weighted by molar-refractivity contribution is 7.93. The molecule has 0 unspecified atom stereocenters. The molecule has 2 aromatic carbocycles. The van der Waals surface area contributed by atoms with Crippen LogP contribution in [-0.4, -0.2) is 14.3 Å². The predicted molar refractivity (Wildman–Crippen MR) is 78.2 cm³/mol. The van der Waals surface area contributed by atoms with Gasteiger partial charge in [-0.25, -0.2) is 12.7 Å². The minimum Gasteiger partial charge on any atom is -0.274 e. The molecule has 0 fully saturated rings. The van der Waals surface area contributed by atoms with Gasteiger partial charge in [0.15, 0.2) is 0 Å². The summed E-state index contributed by atoms with van der Waals surface area (Å²) in [5.74, 6) is -0.578. The molecule has 2 rings (SSSR count). The molecule has 0 atom stereocenters. The van der Waals surface area contributed by atoms with Crippen LogP contribution in [0.2, 0.25) is 5.02 Å². The molecule has 104 valence electrons. The largest absolute Gasteiger partial charge is 0.274 e. The van der Waals surface area contributed by atoms with Crippen LogP contribution in [0.4, 0.5) is 5.69 Å². The second-order valence-corrected chi connectivity index (χ2v) is 6.30. The highest BCUT2D eigenvalue weighted by Crippen LogP contribution is 2.24. The van der Waals surface area contributed by atoms with Crippen LogP contribution < -0.4 is 4.31 Å². The van der Waals surface area contributed by atoms with Gasteiger partial charge >= 0.3 is 0 Å². The van der Waals surface area contributed by atoms with Crippen molar-refractivity contribution in [3.8, 4) is 0 Å². The van der Waals surface area contributed by atoms with Crippen LogP contribution in [0.15, 0.2) is 59.5 Å². The van der Waals surface area contributed by atoms with Crippen LogP contribution >= 0.6 is 11.6 Å². The first kappa shape index (κ1) is 14.6. The summed E-state index contributed by atoms with van der Waals surface area (Å²) >= 11 is 5.75. The molecule has 0 bridgehead atoms. The molecule has 0 aliphatic heterocycles. The molecule has 0 aliphatic carbocycles. The molecule has 0 spiro atoms. The van der Waals surface area contributed by atoms with Gasteiger partial charge in [-0.05, 0) is 36.4 Å². The second-order valence-electron chi connectivity index (χ2n) is 4.08. The topological polar surface area (TPSA) is 54.5 Å². The predicted octanol–water partition coefficient (Wildman–Crippen LogP) is 3.08. The summed E-state index contributed by atoms with van der Waals surface area (Å²) in [5, 5.41) is 0.429. The Morgan fingerprint density at radius 2 is 1.55 bits per heavy atom. The Bertz CT molecular complexity index is 712. The molecule has 0 radical (unpaired) electrons. The lowest BCUT2D eigenvalue weighted by molar-refractivity contribution is -0.115. The molecule has 0 heterocycles. The fraction of sp³-hybridized carbons (Fsp3) is 0.0714. The van der Waals surface area contributed by atoms with E-state index in [1.807, 2.05) is 0 Å². The first-order valence-electron chi connectivity index (χ1n) is 5.79. The Balaban J connectivity index is 2.54. The molecule has 2 aromatic rings. The van der Waals surface area contributed by atoms with Gasteiger partial charge in [-0.2, -0.15) is 0 Å². The summed E-state index contributed by atoms with van der Waals surface area (Å²) in [4.78, 5) is 11.8. The maximum atomic E-state index is 12.5. The number of para-hydroxylation sites is 1. The fourth-order valence-corrected chi connectivity index (χ4v) is 3.32. The maximum absolute atomic E-state index is 12.5. The number of amides is 1. The molecule has 20 heavy (non-hydrogen) atoms. The van der Waals surface area contributed by atoms with E-state index in [0.717, 1.165) is 4.31 Å². The number of hydrogen-bond acceptors (Lipinski definition) is 3. The zero-order valence-electron chi connectivity index (χ0n) is 10.7. The quantitative estimate of drug-likeness (QED) is 0.875. The van der Waals surface area contributed by atoms with Gasteiger partial charge in [0.2, 0.25) is 5.91 Å². The SMILES string of the molecule is CC(=O)N(c1ccccc1)S(=O)(=O)c1ccc(Cl)cc1. The number of benzene rings is 2. The summed E-state index contributed by atoms with van der Waals surface area (Å²) in [5.41, 5.74) is 0.301. The lowest BCUT2D eigenvalue weighted by Gasteiger charge is -2.21. The third-order valence-electron chi connectivity index (χ3n) is 2.63. The molecule has 0 saturated heterocycles. The van der Waals surface area contributed by atoms with E-state index in [9.17, 15) is 13.2 Å². The lowest BCUT2D eigenvalue weighted by atomic mass is 10.3. The van der Waals surface area contributed by atoms with Crippen molar-refractivity contribution in [3.63, 3.8) is 0 Å². The van der Waals surface area contributed by atoms with Gasteiger partial charge in [0.05, 0.1) is 10.6 Å². The molecule has 1 amide bonds. The molecular weight excluding hydrogens is 298 g/mol. The lowest BCUT2D eigenvalue weighted by Crippen LogP contribution is -2.35. The van der Waals surface area contributed by atoms with Crippen molar-refractivity contribution in [1.29, 1.82) is 0 Å². The van der Waals surface area contributed by atoms with Crippen LogP contribution in [0.1, 0.15) is 6.92 Å². The molecule has 6 heteroatoms. The molecule has 0 aromatic heterocycles. The number of halogens is 1. The van der Waals surface area contributed by atoms with Crippen LogP contribution in [0.3, 0.4) is 0 Å². The van der Waals surface area contributed by atoms with Crippen LogP contribution in [0.25, 0.3) is 0 Å². The smallest absolute Gasteiger partial charge is 0.270 e. The summed E-state index contributed by atoms with van der Waals surface area (Å²) in [6.45, 7) is 1.21. The van der Waals surface area contributed by atoms with Crippen molar-refractivity contribution in [1.82, 2.24) is 0 Å². The summed E-state index contributed by atoms with van der Waals surface area (Å²) in [6.07, 6.45) is 0. The van der Waals surface area contributed by atoms with E-state index in [1.165, 1.54) is 31.2 Å². The Kier molecular flexibility index (Phi) is 4.11. The van der Waals surface area contributed by atoms with Crippen molar-refractivity contribution < 1.29 is 13.2 Å². The third kappa shape index (κ3) is 2.84. The van der Waals surface area contributed by atoms with Crippen LogP contribution in [-0.2, 0) is 14.8 Å². The van der Waals surface area contributed by atoms with Gasteiger partial charge in [0.25, 0.3) is 10.0 Å². The van der Waals surface area contributed by atoms with E-state index in [2.05, 4.69) is 0 Å². The summed E-state index contributed by atoms with van der Waals surface area (Å²) < 4.78 is 25.9. The number of anilines is 1. The summed E-state index contributed by atoms with van der Waals surface area (Å²) in [7, 11) is -3.94. The highest BCUT2D eigenvalue weighted by atomic mass is 35.5. The zero-order valence-corrected chi connectivity index (χ0v) is 12.2. The van der Waals surface area contributed by atoms with E-state index in [1.54, 1.807) is 30.3 Å². The van der Waals surface area contributed by atoms with Crippen molar-refractivity contribution in [2.45, 2.75) is 11.8 Å². The van der Waals surface area contributed by atoms with Gasteiger partial charge in [-0.15, -0.1) is 0 Å². The van der Waals surface area contributed by atoms with Crippen LogP contribution in [0.5, 0.6) is 0 Å². The fourth-order valence-electron chi connectivity index (χ4n) is 1.77. The van der Waals surface area contributed by atoms with E-state index >= 15 is 0 Å². The van der Waals surface area contributed by atoms with Crippen molar-refractivity contribution in [3.05, 3.63) is 59.6 Å². The Morgan fingerprint density at radius 3 is 2.05 bits per heavy atom. The average Bonchev–Trinajstić information content (AvgIpc) is 2.39. The number of nitrogens with zero attached hydrogens (tertiary/aromatic N) is 1. The van der Waals surface area contributed by atoms with Crippen molar-refractivity contribution >= 4 is 33.2 Å². The molecular formula is C14H12ClNO3S. The number of carbonyl (C=O) groups is 1. The van der Waals surface area contributed by atoms with Gasteiger partial charge in [-0.3, -0.25) is 4.79 Å². The number of rotatable bonds is 3. The highest BCUT2D eigenvalue weighted by Gasteiger charge is 2.28. The minimum atomic E-state index is -3.94. The van der Waals surface area contributed by atoms with Crippen LogP contribution in [0, 0.1) is 0 Å². The summed E-state index contributed by atoms with van der Waals surface area (Å²) in [6, 6.07) is 13.9. The Morgan fingerprint density at radius 1 is 1.00 bits per heavy atom. The Hall–Kier alpha value is -1.85. The van der Waals surface area contributed by atoms with Crippen molar-refractivity contribution in [2.24, 2.45) is 0 Å². The first-order valence-corrected chi connectivity index (χ1v) is 7.61. The molecule has 4 nitrogen and oxygen atoms in total. The number of hydrogen-bond donors (Lipinski definition) is 0. The molecule has 0 aliphatic rings. The maximum Gasteiger partial charge on any atom is 0.270 e. The van der Waals surface area contributed by atoms with E-state index in [4.69, 9.17) is 11.6 Å². The number of sulfonamides is 1. The molecule has 0 saturated carbocycles. The number of carbonyl (C=O) groups excluding carboxylic acids is 1. The second kappa shape index (κ2) is 5.64. The zero-order chi connectivity index (χ0) is 14.8. The first-order chi connectivity index (χ1) is 9.43. The van der Waals surface area contributed by atoms with E-state index in [0.29, 0.717) is 10.7 Å². The monoisotopic (exact) mass is 309 g/mol. The normalized spacial score (nSPS) is 11.1. The van der Waals surface area contributed by atoms with E-state index < -0.39 is 15.9 Å². The van der Waals surface area contributed by atoms with E-state index in [-0.39, 0.29) is 4.90 Å². The van der Waals surface area contributed by atoms with Gasteiger partial charge < -0.3 is 0 Å². The minimum absolute atomic E-state index is 0.0148. The third-order valence-corrected chi connectivity index (χ3v) is 4.70. The van der Waals surface area contributed by atoms with Gasteiger partial charge in [0, 0.05) is 11.9 Å². The van der Waals surface area contributed by atoms with Crippen molar-refractivity contribution in [2.75, 3.05) is 4.31 Å². The van der Waals surface area contributed by atoms with Gasteiger partial charge in [0.1, 0.15) is 0 Å². The molecule has 0 N–H and O–H groups in total. The standard InChI is InChI=1S/C14H12ClNO3S/c1-11(17)16(13-5-3-2-4-6-13)20(18,19)14-9-7-12(15)8-10-14/h2-10H,1H3.